The molecule has 2 atom stereocenters. The Morgan fingerprint density at radius 3 is 2.49 bits per heavy atom. The highest BCUT2D eigenvalue weighted by atomic mass is 32.2. The molecule has 1 N–H and O–H groups in total. The first-order valence-electron chi connectivity index (χ1n) is 17.1. The van der Waals surface area contributed by atoms with Crippen molar-refractivity contribution in [1.82, 2.24) is 14.8 Å². The number of aromatic nitrogens is 1. The largest absolute Gasteiger partial charge is 0.445 e. The molecule has 0 spiro atoms. The number of benzene rings is 3. The van der Waals surface area contributed by atoms with Crippen LogP contribution < -0.4 is 10.2 Å². The molecule has 51 heavy (non-hydrogen) atoms. The summed E-state index contributed by atoms with van der Waals surface area (Å²) in [7, 11) is 2.02. The summed E-state index contributed by atoms with van der Waals surface area (Å²) in [4.78, 5) is 54.5. The van der Waals surface area contributed by atoms with Gasteiger partial charge in [-0.15, -0.1) is 0 Å². The summed E-state index contributed by atoms with van der Waals surface area (Å²) in [6, 6.07) is 27.8. The molecule has 4 aromatic rings. The molecule has 0 radical (unpaired) electrons. The molecule has 6 rings (SSSR count). The molecule has 0 bridgehead atoms. The minimum atomic E-state index is -0.621. The maximum absolute atomic E-state index is 13.9. The number of pyridine rings is 1. The van der Waals surface area contributed by atoms with Crippen LogP contribution in [-0.2, 0) is 32.2 Å². The second kappa shape index (κ2) is 17.1. The second-order valence-corrected chi connectivity index (χ2v) is 13.4. The predicted molar refractivity (Wildman–Crippen MR) is 200 cm³/mol. The van der Waals surface area contributed by atoms with Crippen molar-refractivity contribution in [2.45, 2.75) is 44.2 Å². The number of hydrogen-bond donors (Lipinski definition) is 1. The molecule has 1 aromatic heterocycles. The van der Waals surface area contributed by atoms with Crippen molar-refractivity contribution in [3.8, 4) is 0 Å². The first-order chi connectivity index (χ1) is 24.9. The Balaban J connectivity index is 1.12. The lowest BCUT2D eigenvalue weighted by molar-refractivity contribution is -0.126. The van der Waals surface area contributed by atoms with Gasteiger partial charge in [-0.3, -0.25) is 24.4 Å². The van der Waals surface area contributed by atoms with Gasteiger partial charge >= 0.3 is 6.09 Å². The Hall–Kier alpha value is -5.20. The Morgan fingerprint density at radius 2 is 1.76 bits per heavy atom. The van der Waals surface area contributed by atoms with E-state index >= 15 is 0 Å². The highest BCUT2D eigenvalue weighted by Gasteiger charge is 2.39. The van der Waals surface area contributed by atoms with Crippen LogP contribution in [-0.4, -0.2) is 77.3 Å². The van der Waals surface area contributed by atoms with Crippen LogP contribution in [0.2, 0.25) is 0 Å². The van der Waals surface area contributed by atoms with E-state index in [2.05, 4.69) is 15.2 Å². The number of aliphatic imine (C=N–C) groups is 1. The lowest BCUT2D eigenvalue weighted by Gasteiger charge is -2.23. The number of amides is 3. The molecule has 3 amide bonds. The van der Waals surface area contributed by atoms with Gasteiger partial charge in [0, 0.05) is 50.5 Å². The third kappa shape index (κ3) is 9.13. The van der Waals surface area contributed by atoms with Gasteiger partial charge in [0.2, 0.25) is 11.8 Å². The fourth-order valence-electron chi connectivity index (χ4n) is 5.97. The van der Waals surface area contributed by atoms with Crippen LogP contribution in [0.3, 0.4) is 0 Å². The van der Waals surface area contributed by atoms with Gasteiger partial charge in [0.15, 0.2) is 5.17 Å². The summed E-state index contributed by atoms with van der Waals surface area (Å²) in [6.45, 7) is 5.05. The zero-order valence-electron chi connectivity index (χ0n) is 28.8. The monoisotopic (exact) mass is 706 g/mol. The Morgan fingerprint density at radius 1 is 1.00 bits per heavy atom. The normalized spacial score (nSPS) is 17.9. The molecular weight excluding hydrogens is 665 g/mol. The number of thioether (sulfide) groups is 1. The zero-order chi connectivity index (χ0) is 35.6. The number of carbonyl (C=O) groups is 3. The number of rotatable bonds is 13. The first-order valence-corrected chi connectivity index (χ1v) is 18.0. The molecule has 3 aromatic carbocycles. The molecule has 3 heterocycles. The van der Waals surface area contributed by atoms with E-state index in [4.69, 9.17) is 14.5 Å². The SMILES string of the molecule is CCOCCN(C)c1ccc(/N=C2\SC(c3ccc(NC(=O)[C@@H]4CCCN4C(=O)OCc4ccccc4)cc3)C(=O)N2Cc2cccnc2)cc1. The molecular formula is C39H42N6O5S. The predicted octanol–water partition coefficient (Wildman–Crippen LogP) is 6.80. The number of hydrogen-bond acceptors (Lipinski definition) is 9. The number of carbonyl (C=O) groups excluding carboxylic acids is 3. The zero-order valence-corrected chi connectivity index (χ0v) is 29.6. The van der Waals surface area contributed by atoms with Crippen LogP contribution in [0.1, 0.15) is 41.7 Å². The van der Waals surface area contributed by atoms with E-state index in [1.165, 1.54) is 16.7 Å². The summed E-state index contributed by atoms with van der Waals surface area (Å²) < 4.78 is 11.0. The molecule has 2 fully saturated rings. The highest BCUT2D eigenvalue weighted by molar-refractivity contribution is 8.15. The van der Waals surface area contributed by atoms with Crippen LogP contribution in [0.15, 0.2) is 108 Å². The van der Waals surface area contributed by atoms with E-state index in [0.717, 1.165) is 34.6 Å². The lowest BCUT2D eigenvalue weighted by atomic mass is 10.1. The van der Waals surface area contributed by atoms with Gasteiger partial charge in [-0.05, 0) is 78.9 Å². The molecule has 264 valence electrons. The van der Waals surface area contributed by atoms with E-state index in [-0.39, 0.29) is 18.4 Å². The van der Waals surface area contributed by atoms with E-state index in [1.807, 2.05) is 92.8 Å². The number of anilines is 2. The Kier molecular flexibility index (Phi) is 12.0. The summed E-state index contributed by atoms with van der Waals surface area (Å²) in [5, 5.41) is 3.04. The highest BCUT2D eigenvalue weighted by Crippen LogP contribution is 2.41. The van der Waals surface area contributed by atoms with Crippen LogP contribution in [0, 0.1) is 0 Å². The number of likely N-dealkylation sites (tertiary alicyclic amines) is 1. The average Bonchev–Trinajstić information content (AvgIpc) is 3.77. The van der Waals surface area contributed by atoms with Crippen molar-refractivity contribution in [2.24, 2.45) is 4.99 Å². The van der Waals surface area contributed by atoms with Crippen molar-refractivity contribution in [3.63, 3.8) is 0 Å². The Labute approximate surface area is 302 Å². The van der Waals surface area contributed by atoms with Crippen molar-refractivity contribution in [3.05, 3.63) is 120 Å². The van der Waals surface area contributed by atoms with Crippen molar-refractivity contribution in [1.29, 1.82) is 0 Å². The van der Waals surface area contributed by atoms with E-state index < -0.39 is 17.4 Å². The molecule has 2 saturated heterocycles. The van der Waals surface area contributed by atoms with Crippen LogP contribution in [0.25, 0.3) is 0 Å². The lowest BCUT2D eigenvalue weighted by Crippen LogP contribution is -2.43. The first kappa shape index (κ1) is 35.6. The third-order valence-electron chi connectivity index (χ3n) is 8.77. The number of ether oxygens (including phenoxy) is 2. The van der Waals surface area contributed by atoms with Gasteiger partial charge in [-0.1, -0.05) is 60.3 Å². The smallest absolute Gasteiger partial charge is 0.410 e. The topological polar surface area (TPSA) is 117 Å². The average molecular weight is 707 g/mol. The number of amidine groups is 1. The number of nitrogens with zero attached hydrogens (tertiary/aromatic N) is 5. The van der Waals surface area contributed by atoms with Gasteiger partial charge in [-0.2, -0.15) is 0 Å². The molecule has 1 unspecified atom stereocenters. The Bertz CT molecular complexity index is 1810. The van der Waals surface area contributed by atoms with E-state index in [9.17, 15) is 14.4 Å². The number of likely N-dealkylation sites (N-methyl/N-ethyl adjacent to an activating group) is 1. The summed E-state index contributed by atoms with van der Waals surface area (Å²) in [6.07, 6.45) is 4.23. The third-order valence-corrected chi connectivity index (χ3v) is 10.0. The molecule has 12 heteroatoms. The molecule has 11 nitrogen and oxygen atoms in total. The van der Waals surface area contributed by atoms with Crippen LogP contribution in [0.4, 0.5) is 21.9 Å². The molecule has 0 saturated carbocycles. The van der Waals surface area contributed by atoms with Crippen molar-refractivity contribution >= 4 is 51.9 Å². The quantitative estimate of drug-likeness (QED) is 0.151. The molecule has 0 aliphatic carbocycles. The van der Waals surface area contributed by atoms with Gasteiger partial charge < -0.3 is 19.7 Å². The van der Waals surface area contributed by atoms with Gasteiger partial charge in [0.05, 0.1) is 18.8 Å². The number of nitrogens with one attached hydrogen (secondary N) is 1. The van der Waals surface area contributed by atoms with E-state index in [1.54, 1.807) is 29.4 Å². The van der Waals surface area contributed by atoms with Gasteiger partial charge in [0.1, 0.15) is 17.9 Å². The maximum Gasteiger partial charge on any atom is 0.410 e. The standard InChI is InChI=1S/C39H42N6O5S/c1-3-49-24-23-43(2)33-19-17-32(18-20-33)42-38-45(26-29-11-7-21-40-25-29)37(47)35(51-38)30-13-15-31(16-14-30)41-36(46)34-12-8-22-44(34)39(48)50-27-28-9-5-4-6-10-28/h4-7,9-11,13-21,25,34-35H,3,8,12,22-24,26-27H2,1-2H3,(H,41,46)/b42-38-/t34-,35?/m0/s1. The minimum Gasteiger partial charge on any atom is -0.445 e. The van der Waals surface area contributed by atoms with Gasteiger partial charge in [0.25, 0.3) is 0 Å². The minimum absolute atomic E-state index is 0.0812. The maximum atomic E-state index is 13.9. The fourth-order valence-corrected chi connectivity index (χ4v) is 7.14. The summed E-state index contributed by atoms with van der Waals surface area (Å²) in [5.74, 6) is -0.353. The fraction of sp³-hybridized carbons (Fsp3) is 0.308. The summed E-state index contributed by atoms with van der Waals surface area (Å²) >= 11 is 1.40. The summed E-state index contributed by atoms with van der Waals surface area (Å²) in [5.41, 5.74) is 4.95. The molecule has 2 aliphatic heterocycles. The van der Waals surface area contributed by atoms with Crippen molar-refractivity contribution < 1.29 is 23.9 Å². The van der Waals surface area contributed by atoms with Crippen LogP contribution >= 0.6 is 11.8 Å². The van der Waals surface area contributed by atoms with E-state index in [0.29, 0.717) is 50.0 Å². The van der Waals surface area contributed by atoms with Gasteiger partial charge in [-0.25, -0.2) is 9.79 Å². The second-order valence-electron chi connectivity index (χ2n) is 12.3. The van der Waals surface area contributed by atoms with Crippen LogP contribution in [0.5, 0.6) is 0 Å². The van der Waals surface area contributed by atoms with Crippen molar-refractivity contribution in [2.75, 3.05) is 43.6 Å². The molecule has 2 aliphatic rings.